The Balaban J connectivity index is 3.27. The fourth-order valence-electron chi connectivity index (χ4n) is 0.705. The molecule has 0 aromatic carbocycles. The van der Waals surface area contributed by atoms with Gasteiger partial charge in [-0.2, -0.15) is 0 Å². The molecule has 0 bridgehead atoms. The van der Waals surface area contributed by atoms with Gasteiger partial charge >= 0.3 is 0 Å². The molecule has 64 valence electrons. The SMILES string of the molecule is COC(CCCN=[N+]=[N-])OC. The van der Waals surface area contributed by atoms with Crippen LogP contribution in [0.5, 0.6) is 0 Å². The van der Waals surface area contributed by atoms with Gasteiger partial charge in [-0.15, -0.1) is 0 Å². The fraction of sp³-hybridized carbons (Fsp3) is 1.00. The first kappa shape index (κ1) is 10.2. The van der Waals surface area contributed by atoms with Crippen LogP contribution in [0.4, 0.5) is 0 Å². The molecule has 0 unspecified atom stereocenters. The molecule has 0 saturated heterocycles. The van der Waals surface area contributed by atoms with Gasteiger partial charge in [0.05, 0.1) is 0 Å². The highest BCUT2D eigenvalue weighted by atomic mass is 16.7. The summed E-state index contributed by atoms with van der Waals surface area (Å²) in [4.78, 5) is 2.63. The summed E-state index contributed by atoms with van der Waals surface area (Å²) < 4.78 is 9.85. The third-order valence-electron chi connectivity index (χ3n) is 1.29. The Hall–Kier alpha value is -0.770. The van der Waals surface area contributed by atoms with Crippen LogP contribution in [0.2, 0.25) is 0 Å². The number of hydrogen-bond donors (Lipinski definition) is 0. The van der Waals surface area contributed by atoms with Crippen molar-refractivity contribution in [1.82, 2.24) is 0 Å². The van der Waals surface area contributed by atoms with Crippen molar-refractivity contribution in [1.29, 1.82) is 0 Å². The van der Waals surface area contributed by atoms with Gasteiger partial charge in [-0.3, -0.25) is 0 Å². The van der Waals surface area contributed by atoms with Crippen molar-refractivity contribution >= 4 is 0 Å². The summed E-state index contributed by atoms with van der Waals surface area (Å²) in [5, 5.41) is 3.38. The van der Waals surface area contributed by atoms with Gasteiger partial charge in [0.2, 0.25) is 0 Å². The largest absolute Gasteiger partial charge is 0.356 e. The lowest BCUT2D eigenvalue weighted by atomic mass is 10.3. The summed E-state index contributed by atoms with van der Waals surface area (Å²) in [6.45, 7) is 0.500. The highest BCUT2D eigenvalue weighted by molar-refractivity contribution is 4.49. The Labute approximate surface area is 65.9 Å². The van der Waals surface area contributed by atoms with E-state index in [4.69, 9.17) is 15.0 Å². The van der Waals surface area contributed by atoms with Gasteiger partial charge in [0, 0.05) is 25.7 Å². The summed E-state index contributed by atoms with van der Waals surface area (Å²) in [7, 11) is 3.17. The molecule has 0 atom stereocenters. The van der Waals surface area contributed by atoms with Crippen molar-refractivity contribution in [3.63, 3.8) is 0 Å². The molecule has 11 heavy (non-hydrogen) atoms. The van der Waals surface area contributed by atoms with Crippen molar-refractivity contribution in [2.24, 2.45) is 5.11 Å². The summed E-state index contributed by atoms with van der Waals surface area (Å²) in [6, 6.07) is 0. The van der Waals surface area contributed by atoms with E-state index in [2.05, 4.69) is 10.0 Å². The molecule has 0 aliphatic rings. The maximum atomic E-state index is 7.94. The Morgan fingerprint density at radius 3 is 2.55 bits per heavy atom. The number of rotatable bonds is 6. The zero-order valence-electron chi connectivity index (χ0n) is 6.86. The summed E-state index contributed by atoms with van der Waals surface area (Å²) >= 11 is 0. The first-order chi connectivity index (χ1) is 5.35. The molecule has 5 nitrogen and oxygen atoms in total. The number of hydrogen-bond acceptors (Lipinski definition) is 3. The van der Waals surface area contributed by atoms with Gasteiger partial charge in [0.25, 0.3) is 0 Å². The fourth-order valence-corrected chi connectivity index (χ4v) is 0.705. The molecule has 0 rings (SSSR count). The second kappa shape index (κ2) is 7.34. The van der Waals surface area contributed by atoms with E-state index in [1.165, 1.54) is 0 Å². The number of azide groups is 1. The maximum Gasteiger partial charge on any atom is 0.156 e. The lowest BCUT2D eigenvalue weighted by Gasteiger charge is -2.11. The van der Waals surface area contributed by atoms with Crippen LogP contribution in [0.3, 0.4) is 0 Å². The summed E-state index contributed by atoms with van der Waals surface area (Å²) in [5.41, 5.74) is 7.94. The molecule has 0 heterocycles. The summed E-state index contributed by atoms with van der Waals surface area (Å²) in [6.07, 6.45) is 1.37. The average molecular weight is 159 g/mol. The van der Waals surface area contributed by atoms with Crippen molar-refractivity contribution in [2.45, 2.75) is 19.1 Å². The minimum Gasteiger partial charge on any atom is -0.356 e. The standard InChI is InChI=1S/C6H13N3O2/c1-10-6(11-2)4-3-5-8-9-7/h6H,3-5H2,1-2H3. The van der Waals surface area contributed by atoms with Crippen LogP contribution in [0, 0.1) is 0 Å². The van der Waals surface area contributed by atoms with Gasteiger partial charge in [-0.25, -0.2) is 0 Å². The normalized spacial score (nSPS) is 9.73. The van der Waals surface area contributed by atoms with E-state index < -0.39 is 0 Å². The topological polar surface area (TPSA) is 67.2 Å². The molecular weight excluding hydrogens is 146 g/mol. The van der Waals surface area contributed by atoms with Crippen molar-refractivity contribution in [3.8, 4) is 0 Å². The van der Waals surface area contributed by atoms with Crippen molar-refractivity contribution in [3.05, 3.63) is 10.4 Å². The number of ether oxygens (including phenoxy) is 2. The molecule has 0 amide bonds. The zero-order valence-corrected chi connectivity index (χ0v) is 6.86. The van der Waals surface area contributed by atoms with Crippen LogP contribution in [-0.2, 0) is 9.47 Å². The minimum atomic E-state index is -0.177. The van der Waals surface area contributed by atoms with Crippen LogP contribution < -0.4 is 0 Å². The van der Waals surface area contributed by atoms with Crippen LogP contribution in [0.1, 0.15) is 12.8 Å². The predicted octanol–water partition coefficient (Wildman–Crippen LogP) is 1.70. The van der Waals surface area contributed by atoms with E-state index in [1.54, 1.807) is 14.2 Å². The Bertz CT molecular complexity index is 130. The van der Waals surface area contributed by atoms with Crippen molar-refractivity contribution < 1.29 is 9.47 Å². The van der Waals surface area contributed by atoms with Crippen LogP contribution >= 0.6 is 0 Å². The predicted molar refractivity (Wildman–Crippen MR) is 41.1 cm³/mol. The Morgan fingerprint density at radius 1 is 1.45 bits per heavy atom. The van der Waals surface area contributed by atoms with E-state index in [1.807, 2.05) is 0 Å². The van der Waals surface area contributed by atoms with E-state index in [0.29, 0.717) is 6.54 Å². The quantitative estimate of drug-likeness (QED) is 0.194. The third-order valence-corrected chi connectivity index (χ3v) is 1.29. The Kier molecular flexibility index (Phi) is 6.82. The molecule has 0 aliphatic carbocycles. The molecule has 0 spiro atoms. The van der Waals surface area contributed by atoms with Gasteiger partial charge < -0.3 is 9.47 Å². The summed E-state index contributed by atoms with van der Waals surface area (Å²) in [5.74, 6) is 0. The van der Waals surface area contributed by atoms with E-state index >= 15 is 0 Å². The van der Waals surface area contributed by atoms with Crippen LogP contribution in [0.25, 0.3) is 10.4 Å². The minimum absolute atomic E-state index is 0.177. The highest BCUT2D eigenvalue weighted by Gasteiger charge is 2.02. The van der Waals surface area contributed by atoms with E-state index in [-0.39, 0.29) is 6.29 Å². The molecule has 5 heteroatoms. The van der Waals surface area contributed by atoms with Crippen LogP contribution in [0.15, 0.2) is 5.11 Å². The molecule has 0 N–H and O–H groups in total. The average Bonchev–Trinajstić information content (AvgIpc) is 2.05. The monoisotopic (exact) mass is 159 g/mol. The van der Waals surface area contributed by atoms with Gasteiger partial charge in [-0.1, -0.05) is 5.11 Å². The van der Waals surface area contributed by atoms with Crippen LogP contribution in [-0.4, -0.2) is 27.1 Å². The van der Waals surface area contributed by atoms with Gasteiger partial charge in [-0.05, 0) is 18.4 Å². The molecule has 0 aromatic rings. The molecule has 0 aromatic heterocycles. The zero-order chi connectivity index (χ0) is 8.53. The number of methoxy groups -OCH3 is 2. The second-order valence-electron chi connectivity index (χ2n) is 2.00. The number of nitrogens with zero attached hydrogens (tertiary/aromatic N) is 3. The molecular formula is C6H13N3O2. The molecule has 0 fully saturated rings. The molecule has 0 radical (unpaired) electrons. The lowest BCUT2D eigenvalue weighted by molar-refractivity contribution is -0.106. The first-order valence-corrected chi connectivity index (χ1v) is 3.41. The van der Waals surface area contributed by atoms with Gasteiger partial charge in [0.15, 0.2) is 6.29 Å². The van der Waals surface area contributed by atoms with E-state index in [9.17, 15) is 0 Å². The first-order valence-electron chi connectivity index (χ1n) is 3.41. The highest BCUT2D eigenvalue weighted by Crippen LogP contribution is 2.01. The van der Waals surface area contributed by atoms with Crippen molar-refractivity contribution in [2.75, 3.05) is 20.8 Å². The second-order valence-corrected chi connectivity index (χ2v) is 2.00. The van der Waals surface area contributed by atoms with E-state index in [0.717, 1.165) is 12.8 Å². The maximum absolute atomic E-state index is 7.94. The smallest absolute Gasteiger partial charge is 0.156 e. The molecule has 0 aliphatic heterocycles. The Morgan fingerprint density at radius 2 is 2.09 bits per heavy atom. The third kappa shape index (κ3) is 5.66. The van der Waals surface area contributed by atoms with Gasteiger partial charge in [0.1, 0.15) is 0 Å². The lowest BCUT2D eigenvalue weighted by Crippen LogP contribution is -2.12. The molecule has 0 saturated carbocycles.